The Morgan fingerprint density at radius 2 is 2.00 bits per heavy atom. The van der Waals surface area contributed by atoms with E-state index in [1.807, 2.05) is 32.0 Å². The van der Waals surface area contributed by atoms with E-state index in [4.69, 9.17) is 5.11 Å². The van der Waals surface area contributed by atoms with Gasteiger partial charge in [0.1, 0.15) is 6.04 Å². The zero-order valence-electron chi connectivity index (χ0n) is 10.5. The lowest BCUT2D eigenvalue weighted by molar-refractivity contribution is -0.139. The predicted octanol–water partition coefficient (Wildman–Crippen LogP) is 2.46. The summed E-state index contributed by atoms with van der Waals surface area (Å²) in [6.45, 7) is 4.03. The number of hydrogen-bond acceptors (Lipinski definition) is 2. The first-order valence-corrected chi connectivity index (χ1v) is 6.16. The summed E-state index contributed by atoms with van der Waals surface area (Å²) in [5, 5.41) is 12.2. The third kappa shape index (κ3) is 5.00. The Morgan fingerprint density at radius 1 is 1.35 bits per heavy atom. The van der Waals surface area contributed by atoms with Crippen LogP contribution in [0, 0.1) is 0 Å². The van der Waals surface area contributed by atoms with E-state index >= 15 is 0 Å². The normalized spacial score (nSPS) is 14.2. The van der Waals surface area contributed by atoms with Crippen LogP contribution in [0.15, 0.2) is 30.3 Å². The molecule has 0 amide bonds. The van der Waals surface area contributed by atoms with Gasteiger partial charge < -0.3 is 10.4 Å². The highest BCUT2D eigenvalue weighted by Crippen LogP contribution is 2.05. The Labute approximate surface area is 103 Å². The van der Waals surface area contributed by atoms with Gasteiger partial charge in [-0.3, -0.25) is 4.79 Å². The van der Waals surface area contributed by atoms with Crippen molar-refractivity contribution in [2.24, 2.45) is 0 Å². The Hall–Kier alpha value is -1.35. The molecule has 17 heavy (non-hydrogen) atoms. The maximum absolute atomic E-state index is 11.0. The van der Waals surface area contributed by atoms with Gasteiger partial charge in [-0.05, 0) is 25.3 Å². The topological polar surface area (TPSA) is 49.3 Å². The van der Waals surface area contributed by atoms with Gasteiger partial charge in [-0.25, -0.2) is 0 Å². The number of carbonyl (C=O) groups is 1. The quantitative estimate of drug-likeness (QED) is 0.763. The van der Waals surface area contributed by atoms with Gasteiger partial charge in [-0.2, -0.15) is 0 Å². The first-order valence-electron chi connectivity index (χ1n) is 6.16. The molecule has 2 N–H and O–H groups in total. The monoisotopic (exact) mass is 235 g/mol. The molecule has 0 fully saturated rings. The van der Waals surface area contributed by atoms with E-state index in [2.05, 4.69) is 17.4 Å². The SMILES string of the molecule is CCCC(NC(C)Cc1ccccc1)C(=O)O. The first-order chi connectivity index (χ1) is 8.13. The highest BCUT2D eigenvalue weighted by molar-refractivity contribution is 5.73. The maximum atomic E-state index is 11.0. The molecule has 0 aliphatic rings. The number of benzene rings is 1. The molecule has 2 atom stereocenters. The summed E-state index contributed by atoms with van der Waals surface area (Å²) in [7, 11) is 0. The second kappa shape index (κ2) is 7.07. The third-order valence-corrected chi connectivity index (χ3v) is 2.75. The fourth-order valence-electron chi connectivity index (χ4n) is 1.94. The van der Waals surface area contributed by atoms with Crippen molar-refractivity contribution >= 4 is 5.97 Å². The minimum absolute atomic E-state index is 0.171. The minimum atomic E-state index is -0.758. The zero-order valence-corrected chi connectivity index (χ0v) is 10.5. The highest BCUT2D eigenvalue weighted by Gasteiger charge is 2.18. The molecule has 0 radical (unpaired) electrons. The van der Waals surface area contributed by atoms with Crippen molar-refractivity contribution in [3.05, 3.63) is 35.9 Å². The van der Waals surface area contributed by atoms with E-state index in [9.17, 15) is 4.79 Å². The number of aliphatic carboxylic acids is 1. The summed E-state index contributed by atoms with van der Waals surface area (Å²) < 4.78 is 0. The van der Waals surface area contributed by atoms with Gasteiger partial charge in [0.05, 0.1) is 0 Å². The first kappa shape index (κ1) is 13.7. The fourth-order valence-corrected chi connectivity index (χ4v) is 1.94. The molecule has 0 aromatic heterocycles. The van der Waals surface area contributed by atoms with Crippen molar-refractivity contribution in [3.63, 3.8) is 0 Å². The minimum Gasteiger partial charge on any atom is -0.480 e. The predicted molar refractivity (Wildman–Crippen MR) is 69.1 cm³/mol. The number of rotatable bonds is 7. The van der Waals surface area contributed by atoms with Gasteiger partial charge in [0.25, 0.3) is 0 Å². The molecule has 0 bridgehead atoms. The molecule has 2 unspecified atom stereocenters. The molecule has 0 saturated carbocycles. The van der Waals surface area contributed by atoms with Crippen LogP contribution >= 0.6 is 0 Å². The van der Waals surface area contributed by atoms with Crippen LogP contribution < -0.4 is 5.32 Å². The molecular formula is C14H21NO2. The number of hydrogen-bond donors (Lipinski definition) is 2. The van der Waals surface area contributed by atoms with Crippen molar-refractivity contribution in [1.82, 2.24) is 5.32 Å². The summed E-state index contributed by atoms with van der Waals surface area (Å²) in [6, 6.07) is 9.86. The molecular weight excluding hydrogens is 214 g/mol. The number of carboxylic acids is 1. The molecule has 1 aromatic rings. The maximum Gasteiger partial charge on any atom is 0.320 e. The summed E-state index contributed by atoms with van der Waals surface area (Å²) in [4.78, 5) is 11.0. The third-order valence-electron chi connectivity index (χ3n) is 2.75. The Morgan fingerprint density at radius 3 is 2.53 bits per heavy atom. The summed E-state index contributed by atoms with van der Waals surface area (Å²) >= 11 is 0. The van der Waals surface area contributed by atoms with Crippen molar-refractivity contribution in [3.8, 4) is 0 Å². The van der Waals surface area contributed by atoms with Crippen molar-refractivity contribution in [2.75, 3.05) is 0 Å². The van der Waals surface area contributed by atoms with E-state index in [1.54, 1.807) is 0 Å². The number of nitrogens with one attached hydrogen (secondary N) is 1. The molecule has 0 heterocycles. The molecule has 0 aliphatic carbocycles. The molecule has 3 heteroatoms. The Bertz CT molecular complexity index is 337. The van der Waals surface area contributed by atoms with Gasteiger partial charge in [-0.15, -0.1) is 0 Å². The molecule has 94 valence electrons. The average molecular weight is 235 g/mol. The summed E-state index contributed by atoms with van der Waals surface area (Å²) in [5.41, 5.74) is 1.23. The van der Waals surface area contributed by atoms with Gasteiger partial charge in [0.2, 0.25) is 0 Å². The zero-order chi connectivity index (χ0) is 12.7. The molecule has 1 rings (SSSR count). The smallest absolute Gasteiger partial charge is 0.320 e. The lowest BCUT2D eigenvalue weighted by Gasteiger charge is -2.19. The Kier molecular flexibility index (Phi) is 5.70. The van der Waals surface area contributed by atoms with Crippen LogP contribution in [0.5, 0.6) is 0 Å². The molecule has 0 saturated heterocycles. The van der Waals surface area contributed by atoms with Crippen LogP contribution in [0.2, 0.25) is 0 Å². The highest BCUT2D eigenvalue weighted by atomic mass is 16.4. The second-order valence-corrected chi connectivity index (χ2v) is 4.44. The van der Waals surface area contributed by atoms with E-state index in [-0.39, 0.29) is 6.04 Å². The standard InChI is InChI=1S/C14H21NO2/c1-3-7-13(14(16)17)15-11(2)10-12-8-5-4-6-9-12/h4-6,8-9,11,13,15H,3,7,10H2,1-2H3,(H,16,17). The largest absolute Gasteiger partial charge is 0.480 e. The Balaban J connectivity index is 2.47. The van der Waals surface area contributed by atoms with Crippen LogP contribution in [0.3, 0.4) is 0 Å². The van der Waals surface area contributed by atoms with Crippen LogP contribution in [-0.4, -0.2) is 23.2 Å². The molecule has 3 nitrogen and oxygen atoms in total. The van der Waals surface area contributed by atoms with Gasteiger partial charge in [0, 0.05) is 6.04 Å². The van der Waals surface area contributed by atoms with Gasteiger partial charge >= 0.3 is 5.97 Å². The number of carboxylic acid groups (broad SMARTS) is 1. The van der Waals surface area contributed by atoms with Gasteiger partial charge in [-0.1, -0.05) is 43.7 Å². The molecule has 0 spiro atoms. The van der Waals surface area contributed by atoms with E-state index in [0.717, 1.165) is 12.8 Å². The fraction of sp³-hybridized carbons (Fsp3) is 0.500. The lowest BCUT2D eigenvalue weighted by atomic mass is 10.1. The van der Waals surface area contributed by atoms with Crippen molar-refractivity contribution in [1.29, 1.82) is 0 Å². The van der Waals surface area contributed by atoms with Crippen molar-refractivity contribution in [2.45, 2.75) is 45.2 Å². The van der Waals surface area contributed by atoms with Crippen LogP contribution in [0.4, 0.5) is 0 Å². The lowest BCUT2D eigenvalue weighted by Crippen LogP contribution is -2.42. The van der Waals surface area contributed by atoms with Crippen LogP contribution in [-0.2, 0) is 11.2 Å². The van der Waals surface area contributed by atoms with Crippen molar-refractivity contribution < 1.29 is 9.90 Å². The van der Waals surface area contributed by atoms with Crippen LogP contribution in [0.1, 0.15) is 32.3 Å². The summed E-state index contributed by atoms with van der Waals surface area (Å²) in [6.07, 6.45) is 2.41. The van der Waals surface area contributed by atoms with E-state index in [0.29, 0.717) is 6.42 Å². The average Bonchev–Trinajstić information content (AvgIpc) is 2.29. The van der Waals surface area contributed by atoms with E-state index < -0.39 is 12.0 Å². The summed E-state index contributed by atoms with van der Waals surface area (Å²) in [5.74, 6) is -0.758. The second-order valence-electron chi connectivity index (χ2n) is 4.44. The van der Waals surface area contributed by atoms with Crippen LogP contribution in [0.25, 0.3) is 0 Å². The molecule has 0 aliphatic heterocycles. The van der Waals surface area contributed by atoms with Gasteiger partial charge in [0.15, 0.2) is 0 Å². The molecule has 1 aromatic carbocycles. The van der Waals surface area contributed by atoms with E-state index in [1.165, 1.54) is 5.56 Å².